The van der Waals surface area contributed by atoms with Crippen LogP contribution in [0.15, 0.2) is 17.0 Å². The minimum atomic E-state index is -1.30. The van der Waals surface area contributed by atoms with E-state index in [1.807, 2.05) is 45.0 Å². The SMILES string of the molecule is COc1cc(C)c(S(=O)N(C)CCOCC(=O)N(C)[C@H]2CCN(CCN3CCCC3)C2)c(C)c1. The van der Waals surface area contributed by atoms with E-state index in [-0.39, 0.29) is 18.6 Å². The lowest BCUT2D eigenvalue weighted by Crippen LogP contribution is -2.42. The van der Waals surface area contributed by atoms with Crippen LogP contribution in [0.5, 0.6) is 5.75 Å². The largest absolute Gasteiger partial charge is 0.497 e. The molecule has 192 valence electrons. The van der Waals surface area contributed by atoms with E-state index in [1.165, 1.54) is 25.9 Å². The van der Waals surface area contributed by atoms with Gasteiger partial charge >= 0.3 is 0 Å². The second kappa shape index (κ2) is 13.0. The maximum Gasteiger partial charge on any atom is 0.248 e. The predicted molar refractivity (Wildman–Crippen MR) is 136 cm³/mol. The molecule has 3 rings (SSSR count). The summed E-state index contributed by atoms with van der Waals surface area (Å²) in [5.74, 6) is 0.776. The van der Waals surface area contributed by atoms with E-state index < -0.39 is 11.0 Å². The molecule has 2 aliphatic heterocycles. The molecule has 2 atom stereocenters. The van der Waals surface area contributed by atoms with Crippen molar-refractivity contribution in [2.45, 2.75) is 44.0 Å². The van der Waals surface area contributed by atoms with Gasteiger partial charge in [-0.15, -0.1) is 0 Å². The molecule has 0 aromatic heterocycles. The smallest absolute Gasteiger partial charge is 0.248 e. The summed E-state index contributed by atoms with van der Waals surface area (Å²) in [6, 6.07) is 4.05. The molecule has 0 radical (unpaired) electrons. The number of carbonyl (C=O) groups excluding carboxylic acids is 1. The zero-order valence-corrected chi connectivity index (χ0v) is 22.4. The molecular formula is C25H42N4O4S. The van der Waals surface area contributed by atoms with Crippen molar-refractivity contribution in [3.8, 4) is 5.75 Å². The molecule has 0 aliphatic carbocycles. The molecule has 1 amide bonds. The van der Waals surface area contributed by atoms with Gasteiger partial charge in [-0.05, 0) is 69.5 Å². The average molecular weight is 495 g/mol. The number of benzene rings is 1. The van der Waals surface area contributed by atoms with Crippen LogP contribution in [-0.4, -0.2) is 115 Å². The minimum Gasteiger partial charge on any atom is -0.497 e. The third-order valence-electron chi connectivity index (χ3n) is 7.02. The summed E-state index contributed by atoms with van der Waals surface area (Å²) < 4.78 is 25.7. The van der Waals surface area contributed by atoms with Crippen LogP contribution in [0.2, 0.25) is 0 Å². The van der Waals surface area contributed by atoms with Gasteiger partial charge in [0.1, 0.15) is 23.3 Å². The summed E-state index contributed by atoms with van der Waals surface area (Å²) in [4.78, 5) is 20.3. The van der Waals surface area contributed by atoms with Crippen LogP contribution in [0.25, 0.3) is 0 Å². The first-order chi connectivity index (χ1) is 16.3. The fraction of sp³-hybridized carbons (Fsp3) is 0.720. The summed E-state index contributed by atoms with van der Waals surface area (Å²) in [7, 11) is 4.03. The monoisotopic (exact) mass is 494 g/mol. The Morgan fingerprint density at radius 2 is 1.74 bits per heavy atom. The van der Waals surface area contributed by atoms with Crippen molar-refractivity contribution in [3.63, 3.8) is 0 Å². The van der Waals surface area contributed by atoms with Gasteiger partial charge in [0, 0.05) is 52.9 Å². The highest BCUT2D eigenvalue weighted by molar-refractivity contribution is 7.82. The normalized spacial score (nSPS) is 20.2. The molecule has 0 N–H and O–H groups in total. The number of amides is 1. The van der Waals surface area contributed by atoms with Gasteiger partial charge in [-0.1, -0.05) is 0 Å². The van der Waals surface area contributed by atoms with Crippen LogP contribution in [-0.2, 0) is 20.5 Å². The maximum atomic E-state index is 13.0. The van der Waals surface area contributed by atoms with Crippen LogP contribution in [0.3, 0.4) is 0 Å². The fourth-order valence-electron chi connectivity index (χ4n) is 4.82. The highest BCUT2D eigenvalue weighted by Crippen LogP contribution is 2.25. The summed E-state index contributed by atoms with van der Waals surface area (Å²) in [6.45, 7) is 11.5. The van der Waals surface area contributed by atoms with Gasteiger partial charge < -0.3 is 19.3 Å². The van der Waals surface area contributed by atoms with E-state index in [0.29, 0.717) is 13.2 Å². The van der Waals surface area contributed by atoms with E-state index >= 15 is 0 Å². The molecule has 1 unspecified atom stereocenters. The molecule has 2 fully saturated rings. The third-order valence-corrected chi connectivity index (χ3v) is 8.76. The summed E-state index contributed by atoms with van der Waals surface area (Å²) in [5, 5.41) is 0. The molecular weight excluding hydrogens is 452 g/mol. The highest BCUT2D eigenvalue weighted by Gasteiger charge is 2.28. The van der Waals surface area contributed by atoms with E-state index in [9.17, 15) is 9.00 Å². The summed E-state index contributed by atoms with van der Waals surface area (Å²) >= 11 is 0. The zero-order chi connectivity index (χ0) is 24.7. The number of hydrogen-bond donors (Lipinski definition) is 0. The Labute approximate surface area is 207 Å². The second-order valence-electron chi connectivity index (χ2n) is 9.54. The molecule has 0 bridgehead atoms. The van der Waals surface area contributed by atoms with Gasteiger partial charge in [-0.3, -0.25) is 9.69 Å². The predicted octanol–water partition coefficient (Wildman–Crippen LogP) is 1.91. The van der Waals surface area contributed by atoms with Gasteiger partial charge in [0.15, 0.2) is 0 Å². The van der Waals surface area contributed by atoms with Gasteiger partial charge in [-0.25, -0.2) is 8.51 Å². The van der Waals surface area contributed by atoms with Crippen molar-refractivity contribution in [1.82, 2.24) is 19.0 Å². The van der Waals surface area contributed by atoms with Crippen LogP contribution in [0.1, 0.15) is 30.4 Å². The van der Waals surface area contributed by atoms with E-state index in [4.69, 9.17) is 9.47 Å². The van der Waals surface area contributed by atoms with Gasteiger partial charge in [0.2, 0.25) is 5.91 Å². The van der Waals surface area contributed by atoms with Crippen molar-refractivity contribution < 1.29 is 18.5 Å². The first kappa shape index (κ1) is 27.1. The van der Waals surface area contributed by atoms with Crippen LogP contribution < -0.4 is 4.74 Å². The molecule has 2 saturated heterocycles. The Morgan fingerprint density at radius 3 is 2.38 bits per heavy atom. The molecule has 0 saturated carbocycles. The Balaban J connectivity index is 1.36. The summed E-state index contributed by atoms with van der Waals surface area (Å²) in [6.07, 6.45) is 3.67. The van der Waals surface area contributed by atoms with Gasteiger partial charge in [0.25, 0.3) is 0 Å². The van der Waals surface area contributed by atoms with Gasteiger partial charge in [0.05, 0.1) is 18.6 Å². The van der Waals surface area contributed by atoms with Crippen molar-refractivity contribution in [2.24, 2.45) is 0 Å². The number of hydrogen-bond acceptors (Lipinski definition) is 6. The lowest BCUT2D eigenvalue weighted by atomic mass is 10.1. The number of ether oxygens (including phenoxy) is 2. The van der Waals surface area contributed by atoms with E-state index in [1.54, 1.807) is 11.4 Å². The molecule has 9 heteroatoms. The van der Waals surface area contributed by atoms with Crippen molar-refractivity contribution in [1.29, 1.82) is 0 Å². The zero-order valence-electron chi connectivity index (χ0n) is 21.5. The lowest BCUT2D eigenvalue weighted by Gasteiger charge is -2.26. The molecule has 1 aromatic carbocycles. The highest BCUT2D eigenvalue weighted by atomic mass is 32.2. The van der Waals surface area contributed by atoms with E-state index in [0.717, 1.165) is 54.4 Å². The molecule has 34 heavy (non-hydrogen) atoms. The van der Waals surface area contributed by atoms with Crippen molar-refractivity contribution in [3.05, 3.63) is 23.3 Å². The Morgan fingerprint density at radius 1 is 1.09 bits per heavy atom. The first-order valence-corrected chi connectivity index (χ1v) is 13.5. The van der Waals surface area contributed by atoms with Crippen LogP contribution >= 0.6 is 0 Å². The molecule has 8 nitrogen and oxygen atoms in total. The quantitative estimate of drug-likeness (QED) is 0.414. The van der Waals surface area contributed by atoms with Crippen molar-refractivity contribution in [2.75, 3.05) is 80.2 Å². The van der Waals surface area contributed by atoms with Crippen molar-refractivity contribution >= 4 is 16.9 Å². The number of aryl methyl sites for hydroxylation is 2. The number of likely N-dealkylation sites (N-methyl/N-ethyl adjacent to an activating group) is 2. The third kappa shape index (κ3) is 7.24. The molecule has 2 aliphatic rings. The number of nitrogens with zero attached hydrogens (tertiary/aromatic N) is 4. The maximum absolute atomic E-state index is 13.0. The minimum absolute atomic E-state index is 0.0111. The van der Waals surface area contributed by atoms with Gasteiger partial charge in [-0.2, -0.15) is 0 Å². The number of rotatable bonds is 12. The molecule has 1 aromatic rings. The van der Waals surface area contributed by atoms with Crippen LogP contribution in [0, 0.1) is 13.8 Å². The molecule has 2 heterocycles. The topological polar surface area (TPSA) is 65.6 Å². The second-order valence-corrected chi connectivity index (χ2v) is 11.1. The lowest BCUT2D eigenvalue weighted by molar-refractivity contribution is -0.136. The van der Waals surface area contributed by atoms with Crippen LogP contribution in [0.4, 0.5) is 0 Å². The number of carbonyl (C=O) groups is 1. The standard InChI is InChI=1S/C25H42N4O4S/c1-20-16-23(32-5)17-21(2)25(20)34(31)26(3)14-15-33-19-24(30)27(4)22-8-11-29(18-22)13-12-28-9-6-7-10-28/h16-17,22H,6-15,18-19H2,1-5H3/t22-,34?/m0/s1. The summed E-state index contributed by atoms with van der Waals surface area (Å²) in [5.41, 5.74) is 1.87. The Kier molecular flexibility index (Phi) is 10.3. The number of likely N-dealkylation sites (tertiary alicyclic amines) is 2. The molecule has 0 spiro atoms. The Hall–Kier alpha value is -1.52. The van der Waals surface area contributed by atoms with E-state index in [2.05, 4.69) is 9.80 Å². The first-order valence-electron chi connectivity index (χ1n) is 12.4. The fourth-order valence-corrected chi connectivity index (χ4v) is 6.04. The number of methoxy groups -OCH3 is 1. The Bertz CT molecular complexity index is 823. The average Bonchev–Trinajstić information content (AvgIpc) is 3.51.